The lowest BCUT2D eigenvalue weighted by Gasteiger charge is -2.25. The van der Waals surface area contributed by atoms with Crippen molar-refractivity contribution in [2.75, 3.05) is 40.9 Å². The largest absolute Gasteiger partial charge is 0.472 e. The summed E-state index contributed by atoms with van der Waals surface area (Å²) in [6.07, 6.45) is 52.0. The van der Waals surface area contributed by atoms with Crippen LogP contribution in [0.25, 0.3) is 0 Å². The normalized spacial score (nSPS) is 14.2. The molecule has 0 aromatic heterocycles. The third kappa shape index (κ3) is 45.3. The number of nitrogens with zero attached hydrogens (tertiary/aromatic N) is 1. The maximum Gasteiger partial charge on any atom is 0.472 e. The van der Waals surface area contributed by atoms with E-state index >= 15 is 0 Å². The number of hydrogen-bond acceptors (Lipinski definition) is 5. The monoisotopic (exact) mass is 872 g/mol. The van der Waals surface area contributed by atoms with Crippen molar-refractivity contribution in [1.29, 1.82) is 0 Å². The van der Waals surface area contributed by atoms with E-state index in [4.69, 9.17) is 9.05 Å². The molecular formula is C51H104N2O6P+. The Morgan fingerprint density at radius 3 is 1.23 bits per heavy atom. The minimum Gasteiger partial charge on any atom is -0.387 e. The number of unbranched alkanes of at least 4 members (excludes halogenated alkanes) is 35. The number of aliphatic hydroxyl groups excluding tert-OH is 1. The van der Waals surface area contributed by atoms with Crippen molar-refractivity contribution >= 4 is 13.7 Å². The molecular weight excluding hydrogens is 768 g/mol. The van der Waals surface area contributed by atoms with Crippen LogP contribution in [0, 0.1) is 0 Å². The first-order valence-electron chi connectivity index (χ1n) is 26.1. The summed E-state index contributed by atoms with van der Waals surface area (Å²) in [5.74, 6) is -0.176. The fourth-order valence-corrected chi connectivity index (χ4v) is 8.60. The standard InChI is InChI=1S/C51H103N2O6P/c1-6-8-10-12-14-15-16-17-18-19-20-21-22-23-24-25-26-27-28-29-30-31-32-33-34-35-36-37-39-41-43-45-51(55)52-49(50(54)44-42-40-38-13-11-9-7-2)48-59-60(56,57)58-47-46-53(3,4)5/h42,44,49-50,54H,6-41,43,45-48H2,1-5H3,(H-,52,55,56,57)/p+1/b44-42+. The number of quaternary nitrogens is 1. The number of carbonyl (C=O) groups is 1. The number of likely N-dealkylation sites (N-methyl/N-ethyl adjacent to an activating group) is 1. The first-order chi connectivity index (χ1) is 29.0. The summed E-state index contributed by atoms with van der Waals surface area (Å²) < 4.78 is 23.5. The average molecular weight is 872 g/mol. The number of hydrogen-bond donors (Lipinski definition) is 3. The molecule has 3 unspecified atom stereocenters. The Balaban J connectivity index is 3.85. The molecule has 0 spiro atoms. The fourth-order valence-electron chi connectivity index (χ4n) is 7.87. The van der Waals surface area contributed by atoms with Crippen LogP contribution in [0.15, 0.2) is 12.2 Å². The molecule has 8 nitrogen and oxygen atoms in total. The molecule has 0 aliphatic heterocycles. The fraction of sp³-hybridized carbons (Fsp3) is 0.941. The van der Waals surface area contributed by atoms with Gasteiger partial charge in [0.1, 0.15) is 13.2 Å². The maximum atomic E-state index is 12.8. The topological polar surface area (TPSA) is 105 Å². The van der Waals surface area contributed by atoms with Gasteiger partial charge in [-0.25, -0.2) is 4.57 Å². The highest BCUT2D eigenvalue weighted by Gasteiger charge is 2.27. The number of rotatable bonds is 48. The molecule has 0 radical (unpaired) electrons. The molecule has 0 heterocycles. The van der Waals surface area contributed by atoms with E-state index in [0.29, 0.717) is 17.4 Å². The lowest BCUT2D eigenvalue weighted by molar-refractivity contribution is -0.870. The lowest BCUT2D eigenvalue weighted by atomic mass is 10.0. The summed E-state index contributed by atoms with van der Waals surface area (Å²) in [4.78, 5) is 23.0. The van der Waals surface area contributed by atoms with Crippen molar-refractivity contribution in [3.05, 3.63) is 12.2 Å². The van der Waals surface area contributed by atoms with Gasteiger partial charge in [-0.05, 0) is 19.3 Å². The van der Waals surface area contributed by atoms with Crippen LogP contribution < -0.4 is 5.32 Å². The molecule has 3 N–H and O–H groups in total. The van der Waals surface area contributed by atoms with Gasteiger partial charge >= 0.3 is 7.82 Å². The van der Waals surface area contributed by atoms with E-state index in [9.17, 15) is 19.4 Å². The maximum absolute atomic E-state index is 12.8. The molecule has 60 heavy (non-hydrogen) atoms. The molecule has 1 amide bonds. The van der Waals surface area contributed by atoms with Gasteiger partial charge in [-0.3, -0.25) is 13.8 Å². The van der Waals surface area contributed by atoms with Gasteiger partial charge in [-0.2, -0.15) is 0 Å². The van der Waals surface area contributed by atoms with Gasteiger partial charge in [-0.1, -0.05) is 244 Å². The first-order valence-corrected chi connectivity index (χ1v) is 27.6. The van der Waals surface area contributed by atoms with Gasteiger partial charge < -0.3 is 19.8 Å². The molecule has 0 aliphatic carbocycles. The summed E-state index contributed by atoms with van der Waals surface area (Å²) >= 11 is 0. The highest BCUT2D eigenvalue weighted by molar-refractivity contribution is 7.47. The summed E-state index contributed by atoms with van der Waals surface area (Å²) in [6, 6.07) is -0.838. The minimum atomic E-state index is -4.32. The summed E-state index contributed by atoms with van der Waals surface area (Å²) in [5.41, 5.74) is 0. The van der Waals surface area contributed by atoms with Gasteiger partial charge in [0, 0.05) is 6.42 Å². The van der Waals surface area contributed by atoms with E-state index in [2.05, 4.69) is 19.2 Å². The van der Waals surface area contributed by atoms with Crippen molar-refractivity contribution in [1.82, 2.24) is 5.32 Å². The van der Waals surface area contributed by atoms with Crippen LogP contribution in [0.4, 0.5) is 0 Å². The molecule has 0 aliphatic rings. The molecule has 0 bridgehead atoms. The Labute approximate surface area is 373 Å². The summed E-state index contributed by atoms with van der Waals surface area (Å²) in [5, 5.41) is 13.7. The van der Waals surface area contributed by atoms with E-state index in [1.54, 1.807) is 6.08 Å². The molecule has 0 fully saturated rings. The summed E-state index contributed by atoms with van der Waals surface area (Å²) in [7, 11) is 1.58. The zero-order chi connectivity index (χ0) is 44.3. The Morgan fingerprint density at radius 1 is 0.550 bits per heavy atom. The second-order valence-corrected chi connectivity index (χ2v) is 20.7. The average Bonchev–Trinajstić information content (AvgIpc) is 3.20. The van der Waals surface area contributed by atoms with Crippen LogP contribution >= 0.6 is 7.82 Å². The zero-order valence-electron chi connectivity index (χ0n) is 40.7. The van der Waals surface area contributed by atoms with Crippen LogP contribution in [-0.4, -0.2) is 73.4 Å². The van der Waals surface area contributed by atoms with Gasteiger partial charge in [-0.15, -0.1) is 0 Å². The predicted molar refractivity (Wildman–Crippen MR) is 259 cm³/mol. The minimum absolute atomic E-state index is 0.0640. The molecule has 0 saturated heterocycles. The SMILES string of the molecule is CCCCCCC/C=C/C(O)C(COP(=O)(O)OCC[N+](C)(C)C)NC(=O)CCCCCCCCCCCCCCCCCCCCCCCCCCCCCCCCC. The van der Waals surface area contributed by atoms with Crippen molar-refractivity contribution < 1.29 is 32.9 Å². The Kier molecular flexibility index (Phi) is 42.9. The van der Waals surface area contributed by atoms with Crippen LogP contribution in [0.5, 0.6) is 0 Å². The van der Waals surface area contributed by atoms with E-state index in [0.717, 1.165) is 38.5 Å². The number of amides is 1. The van der Waals surface area contributed by atoms with Gasteiger partial charge in [0.2, 0.25) is 5.91 Å². The molecule has 0 saturated carbocycles. The van der Waals surface area contributed by atoms with Crippen molar-refractivity contribution in [3.63, 3.8) is 0 Å². The van der Waals surface area contributed by atoms with Crippen molar-refractivity contribution in [3.8, 4) is 0 Å². The molecule has 0 aromatic carbocycles. The van der Waals surface area contributed by atoms with Crippen LogP contribution in [0.2, 0.25) is 0 Å². The van der Waals surface area contributed by atoms with Gasteiger partial charge in [0.25, 0.3) is 0 Å². The van der Waals surface area contributed by atoms with Crippen molar-refractivity contribution in [2.45, 2.75) is 270 Å². The number of aliphatic hydroxyl groups is 1. The van der Waals surface area contributed by atoms with E-state index < -0.39 is 20.0 Å². The number of phosphoric acid groups is 1. The zero-order valence-corrected chi connectivity index (χ0v) is 41.6. The smallest absolute Gasteiger partial charge is 0.387 e. The van der Waals surface area contributed by atoms with E-state index in [1.165, 1.54) is 199 Å². The highest BCUT2D eigenvalue weighted by atomic mass is 31.2. The molecule has 358 valence electrons. The quantitative estimate of drug-likeness (QED) is 0.0243. The molecule has 9 heteroatoms. The number of allylic oxidation sites excluding steroid dienone is 1. The second-order valence-electron chi connectivity index (χ2n) is 19.3. The number of nitrogens with one attached hydrogen (secondary N) is 1. The lowest BCUT2D eigenvalue weighted by Crippen LogP contribution is -2.45. The highest BCUT2D eigenvalue weighted by Crippen LogP contribution is 2.43. The summed E-state index contributed by atoms with van der Waals surface area (Å²) in [6.45, 7) is 4.78. The molecule has 0 aromatic rings. The van der Waals surface area contributed by atoms with E-state index in [1.807, 2.05) is 27.2 Å². The van der Waals surface area contributed by atoms with Crippen LogP contribution in [0.3, 0.4) is 0 Å². The van der Waals surface area contributed by atoms with Gasteiger partial charge in [0.05, 0.1) is 39.9 Å². The van der Waals surface area contributed by atoms with E-state index in [-0.39, 0.29) is 19.1 Å². The first kappa shape index (κ1) is 59.2. The second kappa shape index (κ2) is 43.5. The molecule has 0 rings (SSSR count). The van der Waals surface area contributed by atoms with Gasteiger partial charge in [0.15, 0.2) is 0 Å². The Bertz CT molecular complexity index is 989. The number of phosphoric ester groups is 1. The molecule has 3 atom stereocenters. The third-order valence-corrected chi connectivity index (χ3v) is 13.0. The Morgan fingerprint density at radius 2 is 0.883 bits per heavy atom. The Hall–Kier alpha value is -0.760. The van der Waals surface area contributed by atoms with Crippen LogP contribution in [-0.2, 0) is 18.4 Å². The number of carbonyl (C=O) groups excluding carboxylic acids is 1. The van der Waals surface area contributed by atoms with Crippen molar-refractivity contribution in [2.24, 2.45) is 0 Å². The third-order valence-electron chi connectivity index (χ3n) is 12.0. The van der Waals surface area contributed by atoms with Crippen LogP contribution in [0.1, 0.15) is 258 Å². The predicted octanol–water partition coefficient (Wildman–Crippen LogP) is 15.1.